The van der Waals surface area contributed by atoms with Crippen molar-refractivity contribution in [2.24, 2.45) is 0 Å². The van der Waals surface area contributed by atoms with Crippen LogP contribution >= 0.6 is 46.6 Å². The number of alkyl halides is 3. The zero-order valence-electron chi connectivity index (χ0n) is 13.0. The predicted molar refractivity (Wildman–Crippen MR) is 98.8 cm³/mol. The average molecular weight is 456 g/mol. The molecule has 1 N–H and O–H groups in total. The van der Waals surface area contributed by atoms with Crippen LogP contribution in [-0.4, -0.2) is 26.3 Å². The average Bonchev–Trinajstić information content (AvgIpc) is 2.97. The first kappa shape index (κ1) is 20.1. The third-order valence-corrected chi connectivity index (χ3v) is 5.04. The summed E-state index contributed by atoms with van der Waals surface area (Å²) in [4.78, 5) is 12.1. The second-order valence-electron chi connectivity index (χ2n) is 5.21. The van der Waals surface area contributed by atoms with Crippen LogP contribution in [0.1, 0.15) is 5.56 Å². The zero-order chi connectivity index (χ0) is 19.8. The summed E-state index contributed by atoms with van der Waals surface area (Å²) in [5.41, 5.74) is -0.673. The van der Waals surface area contributed by atoms with Crippen molar-refractivity contribution in [1.29, 1.82) is 0 Å². The number of nitrogens with one attached hydrogen (secondary N) is 1. The number of anilines is 1. The van der Waals surface area contributed by atoms with Gasteiger partial charge in [0.05, 0.1) is 26.4 Å². The number of pyridine rings is 1. The summed E-state index contributed by atoms with van der Waals surface area (Å²) in [6, 6.07) is 4.64. The molecule has 0 bridgehead atoms. The van der Waals surface area contributed by atoms with Gasteiger partial charge >= 0.3 is 6.18 Å². The minimum absolute atomic E-state index is 0.0190. The SMILES string of the molecule is O=C(CSc1nnc2c(Cl)cc(Cl)cn12)Nc1ccc(Cl)c(C(F)(F)F)c1. The van der Waals surface area contributed by atoms with Gasteiger partial charge in [-0.1, -0.05) is 46.6 Å². The Morgan fingerprint density at radius 3 is 2.59 bits per heavy atom. The van der Waals surface area contributed by atoms with E-state index in [4.69, 9.17) is 34.8 Å². The Hall–Kier alpha value is -1.68. The number of hydrogen-bond acceptors (Lipinski definition) is 4. The highest BCUT2D eigenvalue weighted by molar-refractivity contribution is 7.99. The van der Waals surface area contributed by atoms with Crippen molar-refractivity contribution >= 4 is 63.8 Å². The molecule has 0 saturated carbocycles. The van der Waals surface area contributed by atoms with Crippen molar-refractivity contribution in [3.05, 3.63) is 51.1 Å². The van der Waals surface area contributed by atoms with Crippen LogP contribution in [0.25, 0.3) is 5.65 Å². The molecule has 5 nitrogen and oxygen atoms in total. The second-order valence-corrected chi connectivity index (χ2v) is 7.41. The molecule has 0 aliphatic carbocycles. The van der Waals surface area contributed by atoms with Crippen LogP contribution in [0.5, 0.6) is 0 Å². The van der Waals surface area contributed by atoms with E-state index in [1.54, 1.807) is 0 Å². The number of amides is 1. The molecule has 0 radical (unpaired) electrons. The first-order chi connectivity index (χ1) is 12.6. The second kappa shape index (κ2) is 7.75. The summed E-state index contributed by atoms with van der Waals surface area (Å²) in [6.07, 6.45) is -3.08. The van der Waals surface area contributed by atoms with E-state index in [1.165, 1.54) is 22.7 Å². The molecule has 0 atom stereocenters. The molecular weight excluding hydrogens is 448 g/mol. The number of rotatable bonds is 4. The van der Waals surface area contributed by atoms with E-state index in [1.807, 2.05) is 0 Å². The quantitative estimate of drug-likeness (QED) is 0.532. The first-order valence-corrected chi connectivity index (χ1v) is 9.26. The lowest BCUT2D eigenvalue weighted by molar-refractivity contribution is -0.137. The summed E-state index contributed by atoms with van der Waals surface area (Å²) in [6.45, 7) is 0. The molecule has 0 fully saturated rings. The van der Waals surface area contributed by atoms with E-state index in [0.29, 0.717) is 20.8 Å². The number of carbonyl (C=O) groups is 1. The zero-order valence-corrected chi connectivity index (χ0v) is 16.1. The van der Waals surface area contributed by atoms with Gasteiger partial charge in [0.25, 0.3) is 0 Å². The summed E-state index contributed by atoms with van der Waals surface area (Å²) in [7, 11) is 0. The van der Waals surface area contributed by atoms with Crippen LogP contribution in [0.2, 0.25) is 15.1 Å². The van der Waals surface area contributed by atoms with Crippen LogP contribution in [0.4, 0.5) is 18.9 Å². The maximum absolute atomic E-state index is 12.9. The van der Waals surface area contributed by atoms with Gasteiger partial charge in [0.15, 0.2) is 10.8 Å². The molecule has 142 valence electrons. The van der Waals surface area contributed by atoms with E-state index in [0.717, 1.165) is 23.9 Å². The van der Waals surface area contributed by atoms with Gasteiger partial charge in [0.1, 0.15) is 0 Å². The minimum atomic E-state index is -4.62. The van der Waals surface area contributed by atoms with Gasteiger partial charge < -0.3 is 5.32 Å². The molecule has 0 saturated heterocycles. The molecule has 2 aromatic heterocycles. The van der Waals surface area contributed by atoms with Gasteiger partial charge in [0, 0.05) is 11.9 Å². The van der Waals surface area contributed by atoms with Crippen LogP contribution in [0.3, 0.4) is 0 Å². The number of benzene rings is 1. The molecule has 12 heteroatoms. The summed E-state index contributed by atoms with van der Waals surface area (Å²) in [5.74, 6) is -0.644. The fourth-order valence-corrected chi connectivity index (χ4v) is 3.59. The Labute approximate surface area is 169 Å². The fourth-order valence-electron chi connectivity index (χ4n) is 2.15. The molecular formula is C15H8Cl3F3N4OS. The lowest BCUT2D eigenvalue weighted by Crippen LogP contribution is -2.15. The van der Waals surface area contributed by atoms with Gasteiger partial charge in [-0.15, -0.1) is 10.2 Å². The van der Waals surface area contributed by atoms with Crippen LogP contribution in [0, 0.1) is 0 Å². The monoisotopic (exact) mass is 454 g/mol. The van der Waals surface area contributed by atoms with E-state index < -0.39 is 22.7 Å². The fraction of sp³-hybridized carbons (Fsp3) is 0.133. The largest absolute Gasteiger partial charge is 0.417 e. The maximum Gasteiger partial charge on any atom is 0.417 e. The predicted octanol–water partition coefficient (Wildman–Crippen LogP) is 5.44. The van der Waals surface area contributed by atoms with Gasteiger partial charge in [-0.25, -0.2) is 0 Å². The molecule has 0 aliphatic heterocycles. The molecule has 2 heterocycles. The van der Waals surface area contributed by atoms with Crippen LogP contribution in [0.15, 0.2) is 35.6 Å². The van der Waals surface area contributed by atoms with Crippen molar-refractivity contribution in [2.75, 3.05) is 11.1 Å². The number of hydrogen-bond donors (Lipinski definition) is 1. The van der Waals surface area contributed by atoms with Gasteiger partial charge in [-0.3, -0.25) is 9.20 Å². The van der Waals surface area contributed by atoms with E-state index >= 15 is 0 Å². The summed E-state index contributed by atoms with van der Waals surface area (Å²) >= 11 is 18.5. The Balaban J connectivity index is 1.71. The summed E-state index contributed by atoms with van der Waals surface area (Å²) in [5, 5.41) is 10.8. The summed E-state index contributed by atoms with van der Waals surface area (Å²) < 4.78 is 40.1. The smallest absolute Gasteiger partial charge is 0.325 e. The third-order valence-electron chi connectivity index (χ3n) is 3.28. The minimum Gasteiger partial charge on any atom is -0.325 e. The number of halogens is 6. The standard InChI is InChI=1S/C15H8Cl3F3N4OS/c16-7-3-11(18)13-23-24-14(25(13)5-7)27-6-12(26)22-8-1-2-10(17)9(4-8)15(19,20)21/h1-5H,6H2,(H,22,26). The lowest BCUT2D eigenvalue weighted by atomic mass is 10.2. The Morgan fingerprint density at radius 2 is 1.89 bits per heavy atom. The van der Waals surface area contributed by atoms with E-state index in [9.17, 15) is 18.0 Å². The molecule has 1 amide bonds. The van der Waals surface area contributed by atoms with E-state index in [2.05, 4.69) is 15.5 Å². The maximum atomic E-state index is 12.9. The number of thioether (sulfide) groups is 1. The molecule has 3 rings (SSSR count). The Kier molecular flexibility index (Phi) is 5.76. The number of nitrogens with zero attached hydrogens (tertiary/aromatic N) is 3. The molecule has 0 spiro atoms. The first-order valence-electron chi connectivity index (χ1n) is 7.14. The highest BCUT2D eigenvalue weighted by atomic mass is 35.5. The van der Waals surface area contributed by atoms with Crippen molar-refractivity contribution in [3.8, 4) is 0 Å². The number of carbonyl (C=O) groups excluding carboxylic acids is 1. The molecule has 3 aromatic rings. The van der Waals surface area contributed by atoms with Gasteiger partial charge in [-0.2, -0.15) is 13.2 Å². The highest BCUT2D eigenvalue weighted by Crippen LogP contribution is 2.36. The van der Waals surface area contributed by atoms with Crippen LogP contribution in [-0.2, 0) is 11.0 Å². The van der Waals surface area contributed by atoms with Crippen LogP contribution < -0.4 is 5.32 Å². The number of aromatic nitrogens is 3. The number of fused-ring (bicyclic) bond motifs is 1. The van der Waals surface area contributed by atoms with Crippen molar-refractivity contribution in [2.45, 2.75) is 11.3 Å². The Bertz CT molecular complexity index is 1030. The highest BCUT2D eigenvalue weighted by Gasteiger charge is 2.33. The van der Waals surface area contributed by atoms with Crippen molar-refractivity contribution in [3.63, 3.8) is 0 Å². The van der Waals surface area contributed by atoms with Crippen molar-refractivity contribution < 1.29 is 18.0 Å². The van der Waals surface area contributed by atoms with E-state index in [-0.39, 0.29) is 11.4 Å². The molecule has 1 aromatic carbocycles. The topological polar surface area (TPSA) is 59.3 Å². The third kappa shape index (κ3) is 4.60. The lowest BCUT2D eigenvalue weighted by Gasteiger charge is -2.11. The van der Waals surface area contributed by atoms with Crippen molar-refractivity contribution in [1.82, 2.24) is 14.6 Å². The Morgan fingerprint density at radius 1 is 1.15 bits per heavy atom. The van der Waals surface area contributed by atoms with Gasteiger partial charge in [-0.05, 0) is 24.3 Å². The van der Waals surface area contributed by atoms with Gasteiger partial charge in [0.2, 0.25) is 5.91 Å². The molecule has 0 unspecified atom stereocenters. The molecule has 0 aliphatic rings. The molecule has 27 heavy (non-hydrogen) atoms. The normalized spacial score (nSPS) is 11.8.